The van der Waals surface area contributed by atoms with Crippen molar-refractivity contribution in [3.05, 3.63) is 0 Å². The molecule has 0 aromatic carbocycles. The Hall–Kier alpha value is -0.160. The zero-order valence-corrected chi connectivity index (χ0v) is 11.6. The Labute approximate surface area is 100.0 Å². The molecule has 0 radical (unpaired) electrons. The van der Waals surface area contributed by atoms with Gasteiger partial charge in [-0.2, -0.15) is 0 Å². The summed E-state index contributed by atoms with van der Waals surface area (Å²) in [6.07, 6.45) is -0.436. The molecular formula is C12H28N2O2. The maximum atomic E-state index is 9.66. The van der Waals surface area contributed by atoms with Crippen molar-refractivity contribution in [3.63, 3.8) is 0 Å². The van der Waals surface area contributed by atoms with Crippen LogP contribution in [0, 0.1) is 0 Å². The summed E-state index contributed by atoms with van der Waals surface area (Å²) in [5, 5.41) is 12.9. The van der Waals surface area contributed by atoms with Crippen LogP contribution in [0.15, 0.2) is 0 Å². The van der Waals surface area contributed by atoms with Gasteiger partial charge in [-0.25, -0.2) is 0 Å². The third-order valence-electron chi connectivity index (χ3n) is 2.41. The fourth-order valence-corrected chi connectivity index (χ4v) is 1.05. The highest BCUT2D eigenvalue weighted by Gasteiger charge is 2.13. The minimum absolute atomic E-state index is 0.183. The molecule has 16 heavy (non-hydrogen) atoms. The van der Waals surface area contributed by atoms with Gasteiger partial charge in [0.25, 0.3) is 0 Å². The summed E-state index contributed by atoms with van der Waals surface area (Å²) in [7, 11) is 4.09. The Morgan fingerprint density at radius 3 is 2.25 bits per heavy atom. The van der Waals surface area contributed by atoms with Crippen LogP contribution in [0.25, 0.3) is 0 Å². The van der Waals surface area contributed by atoms with Crippen molar-refractivity contribution in [2.75, 3.05) is 33.8 Å². The summed E-state index contributed by atoms with van der Waals surface area (Å²) in [5.41, 5.74) is -0.183. The molecule has 0 saturated carbocycles. The molecule has 0 aromatic rings. The molecule has 98 valence electrons. The lowest BCUT2D eigenvalue weighted by Crippen LogP contribution is -2.40. The second-order valence-corrected chi connectivity index (χ2v) is 5.55. The van der Waals surface area contributed by atoms with E-state index in [1.807, 2.05) is 34.9 Å². The molecular weight excluding hydrogens is 204 g/mol. The van der Waals surface area contributed by atoms with Crippen molar-refractivity contribution in [2.45, 2.75) is 45.4 Å². The minimum atomic E-state index is -0.436. The van der Waals surface area contributed by atoms with Gasteiger partial charge >= 0.3 is 0 Å². The second-order valence-electron chi connectivity index (χ2n) is 5.55. The summed E-state index contributed by atoms with van der Waals surface area (Å²) in [6.45, 7) is 9.94. The highest BCUT2D eigenvalue weighted by molar-refractivity contribution is 4.67. The van der Waals surface area contributed by atoms with E-state index in [9.17, 15) is 5.11 Å². The van der Waals surface area contributed by atoms with Crippen LogP contribution in [0.4, 0.5) is 0 Å². The molecule has 0 amide bonds. The third kappa shape index (κ3) is 9.09. The van der Waals surface area contributed by atoms with Gasteiger partial charge in [-0.3, -0.25) is 0 Å². The van der Waals surface area contributed by atoms with Gasteiger partial charge in [0.1, 0.15) is 0 Å². The standard InChI is InChI=1S/C12H28N2O2/c1-10(14(5)6)7-13-8-11(15)9-16-12(2,3)4/h10-11,13,15H,7-9H2,1-6H3. The van der Waals surface area contributed by atoms with E-state index >= 15 is 0 Å². The molecule has 0 spiro atoms. The smallest absolute Gasteiger partial charge is 0.0897 e. The lowest BCUT2D eigenvalue weighted by atomic mass is 10.2. The quantitative estimate of drug-likeness (QED) is 0.678. The topological polar surface area (TPSA) is 44.7 Å². The van der Waals surface area contributed by atoms with Gasteiger partial charge in [0, 0.05) is 19.1 Å². The molecule has 4 nitrogen and oxygen atoms in total. The number of hydrogen-bond acceptors (Lipinski definition) is 4. The zero-order valence-electron chi connectivity index (χ0n) is 11.6. The monoisotopic (exact) mass is 232 g/mol. The largest absolute Gasteiger partial charge is 0.389 e. The highest BCUT2D eigenvalue weighted by atomic mass is 16.5. The second kappa shape index (κ2) is 7.22. The SMILES string of the molecule is CC(CNCC(O)COC(C)(C)C)N(C)C. The summed E-state index contributed by atoms with van der Waals surface area (Å²) >= 11 is 0. The van der Waals surface area contributed by atoms with Crippen molar-refractivity contribution in [3.8, 4) is 0 Å². The first-order valence-electron chi connectivity index (χ1n) is 5.91. The van der Waals surface area contributed by atoms with Crippen LogP contribution in [0.5, 0.6) is 0 Å². The maximum Gasteiger partial charge on any atom is 0.0897 e. The van der Waals surface area contributed by atoms with E-state index in [4.69, 9.17) is 4.74 Å². The predicted molar refractivity (Wildman–Crippen MR) is 67.7 cm³/mol. The first-order valence-corrected chi connectivity index (χ1v) is 5.91. The number of aliphatic hydroxyl groups excluding tert-OH is 1. The lowest BCUT2D eigenvalue weighted by Gasteiger charge is -2.23. The van der Waals surface area contributed by atoms with Gasteiger partial charge in [-0.05, 0) is 41.8 Å². The Bertz CT molecular complexity index is 178. The molecule has 0 aliphatic carbocycles. The molecule has 2 unspecified atom stereocenters. The van der Waals surface area contributed by atoms with Crippen molar-refractivity contribution in [1.82, 2.24) is 10.2 Å². The highest BCUT2D eigenvalue weighted by Crippen LogP contribution is 2.06. The van der Waals surface area contributed by atoms with Crippen molar-refractivity contribution in [1.29, 1.82) is 0 Å². The molecule has 0 aliphatic heterocycles. The summed E-state index contributed by atoms with van der Waals surface area (Å²) in [5.74, 6) is 0. The first-order chi connectivity index (χ1) is 7.22. The maximum absolute atomic E-state index is 9.66. The van der Waals surface area contributed by atoms with Crippen LogP contribution in [0.2, 0.25) is 0 Å². The molecule has 0 heterocycles. The minimum Gasteiger partial charge on any atom is -0.389 e. The summed E-state index contributed by atoms with van der Waals surface area (Å²) < 4.78 is 5.50. The van der Waals surface area contributed by atoms with Gasteiger partial charge in [0.15, 0.2) is 0 Å². The molecule has 4 heteroatoms. The fourth-order valence-electron chi connectivity index (χ4n) is 1.05. The molecule has 2 N–H and O–H groups in total. The number of nitrogens with zero attached hydrogens (tertiary/aromatic N) is 1. The fraction of sp³-hybridized carbons (Fsp3) is 1.00. The molecule has 0 aromatic heterocycles. The molecule has 0 bridgehead atoms. The summed E-state index contributed by atoms with van der Waals surface area (Å²) in [6, 6.07) is 0.468. The average Bonchev–Trinajstić information content (AvgIpc) is 2.13. The number of rotatable bonds is 7. The van der Waals surface area contributed by atoms with Crippen molar-refractivity contribution in [2.24, 2.45) is 0 Å². The van der Waals surface area contributed by atoms with E-state index in [0.717, 1.165) is 6.54 Å². The van der Waals surface area contributed by atoms with Crippen LogP contribution in [0.1, 0.15) is 27.7 Å². The Balaban J connectivity index is 3.55. The van der Waals surface area contributed by atoms with Crippen LogP contribution in [-0.4, -0.2) is 61.5 Å². The van der Waals surface area contributed by atoms with Gasteiger partial charge in [0.05, 0.1) is 18.3 Å². The van der Waals surface area contributed by atoms with Gasteiger partial charge in [-0.1, -0.05) is 0 Å². The Kier molecular flexibility index (Phi) is 7.15. The molecule has 0 rings (SSSR count). The van der Waals surface area contributed by atoms with Gasteiger partial charge in [-0.15, -0.1) is 0 Å². The van der Waals surface area contributed by atoms with E-state index in [-0.39, 0.29) is 5.60 Å². The first kappa shape index (κ1) is 15.8. The number of ether oxygens (including phenoxy) is 1. The Morgan fingerprint density at radius 2 is 1.81 bits per heavy atom. The van der Waals surface area contributed by atoms with Gasteiger partial charge < -0.3 is 20.1 Å². The number of aliphatic hydroxyl groups is 1. The lowest BCUT2D eigenvalue weighted by molar-refractivity contribution is -0.0479. The third-order valence-corrected chi connectivity index (χ3v) is 2.41. The van der Waals surface area contributed by atoms with Gasteiger partial charge in [0.2, 0.25) is 0 Å². The average molecular weight is 232 g/mol. The van der Waals surface area contributed by atoms with E-state index in [0.29, 0.717) is 19.2 Å². The van der Waals surface area contributed by atoms with Crippen molar-refractivity contribution >= 4 is 0 Å². The number of hydrogen-bond donors (Lipinski definition) is 2. The molecule has 0 saturated heterocycles. The Morgan fingerprint density at radius 1 is 1.25 bits per heavy atom. The van der Waals surface area contributed by atoms with Crippen molar-refractivity contribution < 1.29 is 9.84 Å². The van der Waals surface area contributed by atoms with Crippen LogP contribution < -0.4 is 5.32 Å². The van der Waals surface area contributed by atoms with Crippen LogP contribution in [0.3, 0.4) is 0 Å². The summed E-state index contributed by atoms with van der Waals surface area (Å²) in [4.78, 5) is 2.14. The van der Waals surface area contributed by atoms with E-state index in [2.05, 4.69) is 17.1 Å². The van der Waals surface area contributed by atoms with Crippen LogP contribution in [-0.2, 0) is 4.74 Å². The predicted octanol–water partition coefficient (Wildman–Crippen LogP) is 0.702. The molecule has 0 aliphatic rings. The zero-order chi connectivity index (χ0) is 12.8. The van der Waals surface area contributed by atoms with E-state index < -0.39 is 6.10 Å². The van der Waals surface area contributed by atoms with E-state index in [1.54, 1.807) is 0 Å². The number of nitrogens with one attached hydrogen (secondary N) is 1. The number of likely N-dealkylation sites (N-methyl/N-ethyl adjacent to an activating group) is 1. The normalized spacial score (nSPS) is 16.5. The molecule has 0 fully saturated rings. The van der Waals surface area contributed by atoms with E-state index in [1.165, 1.54) is 0 Å². The van der Waals surface area contributed by atoms with Crippen LogP contribution >= 0.6 is 0 Å². The molecule has 2 atom stereocenters.